The predicted molar refractivity (Wildman–Crippen MR) is 108 cm³/mol. The highest BCUT2D eigenvalue weighted by atomic mass is 16.5. The van der Waals surface area contributed by atoms with Crippen LogP contribution in [0.4, 0.5) is 0 Å². The van der Waals surface area contributed by atoms with Gasteiger partial charge in [-0.2, -0.15) is 0 Å². The molecule has 0 radical (unpaired) electrons. The lowest BCUT2D eigenvalue weighted by molar-refractivity contribution is 0.292. The molecule has 1 heterocycles. The van der Waals surface area contributed by atoms with Gasteiger partial charge in [-0.25, -0.2) is 4.98 Å². The van der Waals surface area contributed by atoms with Gasteiger partial charge in [-0.1, -0.05) is 88.3 Å². The maximum absolute atomic E-state index is 5.95. The molecule has 2 aromatic rings. The molecule has 2 heteroatoms. The molecule has 26 heavy (non-hydrogen) atoms. The predicted octanol–water partition coefficient (Wildman–Crippen LogP) is 6.90. The summed E-state index contributed by atoms with van der Waals surface area (Å²) in [6, 6.07) is 16.6. The molecule has 1 aromatic carbocycles. The zero-order valence-electron chi connectivity index (χ0n) is 16.2. The highest BCUT2D eigenvalue weighted by Gasteiger charge is 2.15. The number of hydrogen-bond donors (Lipinski definition) is 0. The van der Waals surface area contributed by atoms with Gasteiger partial charge in [0.05, 0.1) is 0 Å². The molecule has 0 aliphatic heterocycles. The van der Waals surface area contributed by atoms with Gasteiger partial charge >= 0.3 is 0 Å². The van der Waals surface area contributed by atoms with E-state index in [1.54, 1.807) is 0 Å². The van der Waals surface area contributed by atoms with E-state index < -0.39 is 0 Å². The lowest BCUT2D eigenvalue weighted by atomic mass is 9.91. The normalized spacial score (nSPS) is 22.3. The number of rotatable bonds is 4. The van der Waals surface area contributed by atoms with Crippen LogP contribution < -0.4 is 4.74 Å². The molecule has 0 N–H and O–H groups in total. The Labute approximate surface area is 159 Å². The van der Waals surface area contributed by atoms with Crippen LogP contribution in [0.25, 0.3) is 0 Å². The number of ether oxygens (including phenoxy) is 1. The fraction of sp³-hybridized carbons (Fsp3) is 0.542. The third-order valence-corrected chi connectivity index (χ3v) is 5.64. The van der Waals surface area contributed by atoms with E-state index >= 15 is 0 Å². The van der Waals surface area contributed by atoms with Gasteiger partial charge in [0.1, 0.15) is 6.61 Å². The Morgan fingerprint density at radius 2 is 1.54 bits per heavy atom. The lowest BCUT2D eigenvalue weighted by Gasteiger charge is -2.18. The second-order valence-electron chi connectivity index (χ2n) is 7.90. The molecule has 1 aliphatic carbocycles. The van der Waals surface area contributed by atoms with E-state index in [9.17, 15) is 0 Å². The average Bonchev–Trinajstić information content (AvgIpc) is 2.73. The van der Waals surface area contributed by atoms with Gasteiger partial charge in [-0.05, 0) is 30.4 Å². The number of nitrogens with zero attached hydrogens (tertiary/aromatic N) is 1. The first-order valence-electron chi connectivity index (χ1n) is 10.4. The maximum atomic E-state index is 5.95. The van der Waals surface area contributed by atoms with Crippen LogP contribution in [0.5, 0.6) is 5.88 Å². The zero-order valence-corrected chi connectivity index (χ0v) is 16.2. The molecule has 2 unspecified atom stereocenters. The first kappa shape index (κ1) is 18.9. The molecule has 3 rings (SSSR count). The van der Waals surface area contributed by atoms with Crippen LogP contribution in [0.15, 0.2) is 48.5 Å². The van der Waals surface area contributed by atoms with E-state index in [4.69, 9.17) is 9.72 Å². The second kappa shape index (κ2) is 10.4. The molecular weight excluding hydrogens is 318 g/mol. The lowest BCUT2D eigenvalue weighted by Crippen LogP contribution is -2.05. The molecule has 1 aromatic heterocycles. The molecule has 1 saturated carbocycles. The monoisotopic (exact) mass is 351 g/mol. The van der Waals surface area contributed by atoms with Crippen molar-refractivity contribution in [3.8, 4) is 5.88 Å². The molecule has 2 nitrogen and oxygen atoms in total. The van der Waals surface area contributed by atoms with Gasteiger partial charge in [0.2, 0.25) is 5.88 Å². The number of benzene rings is 1. The van der Waals surface area contributed by atoms with Gasteiger partial charge in [-0.15, -0.1) is 0 Å². The van der Waals surface area contributed by atoms with Gasteiger partial charge in [0.15, 0.2) is 0 Å². The molecule has 140 valence electrons. The number of pyridine rings is 1. The fourth-order valence-electron chi connectivity index (χ4n) is 4.00. The van der Waals surface area contributed by atoms with Crippen LogP contribution >= 0.6 is 0 Å². The second-order valence-corrected chi connectivity index (χ2v) is 7.90. The van der Waals surface area contributed by atoms with E-state index in [-0.39, 0.29) is 0 Å². The van der Waals surface area contributed by atoms with Crippen molar-refractivity contribution < 1.29 is 4.74 Å². The summed E-state index contributed by atoms with van der Waals surface area (Å²) < 4.78 is 5.95. The van der Waals surface area contributed by atoms with Crippen molar-refractivity contribution in [3.05, 3.63) is 59.8 Å². The van der Waals surface area contributed by atoms with Crippen molar-refractivity contribution in [3.63, 3.8) is 0 Å². The summed E-state index contributed by atoms with van der Waals surface area (Å²) >= 11 is 0. The highest BCUT2D eigenvalue weighted by Crippen LogP contribution is 2.30. The van der Waals surface area contributed by atoms with Crippen LogP contribution in [0.2, 0.25) is 0 Å². The fourth-order valence-corrected chi connectivity index (χ4v) is 4.00. The Morgan fingerprint density at radius 3 is 2.38 bits per heavy atom. The van der Waals surface area contributed by atoms with Crippen molar-refractivity contribution in [1.82, 2.24) is 4.98 Å². The van der Waals surface area contributed by atoms with Crippen LogP contribution in [0.1, 0.15) is 81.9 Å². The minimum absolute atomic E-state index is 0.583. The molecule has 0 spiro atoms. The number of aromatic nitrogens is 1. The molecular formula is C24H33NO. The van der Waals surface area contributed by atoms with Crippen molar-refractivity contribution in [2.75, 3.05) is 0 Å². The minimum Gasteiger partial charge on any atom is -0.473 e. The molecule has 2 atom stereocenters. The Kier molecular flexibility index (Phi) is 7.54. The molecule has 0 bridgehead atoms. The first-order chi connectivity index (χ1) is 12.8. The topological polar surface area (TPSA) is 22.1 Å². The Balaban J connectivity index is 1.62. The largest absolute Gasteiger partial charge is 0.473 e. The van der Waals surface area contributed by atoms with Crippen LogP contribution in [-0.2, 0) is 6.61 Å². The summed E-state index contributed by atoms with van der Waals surface area (Å²) in [5, 5.41) is 0. The van der Waals surface area contributed by atoms with E-state index in [1.165, 1.54) is 69.0 Å². The summed E-state index contributed by atoms with van der Waals surface area (Å²) in [6.45, 7) is 3.00. The summed E-state index contributed by atoms with van der Waals surface area (Å²) in [6.07, 6.45) is 12.1. The molecule has 0 amide bonds. The Bertz CT molecular complexity index is 640. The van der Waals surface area contributed by atoms with Crippen LogP contribution in [-0.4, -0.2) is 4.98 Å². The maximum Gasteiger partial charge on any atom is 0.213 e. The van der Waals surface area contributed by atoms with Gasteiger partial charge in [0, 0.05) is 17.7 Å². The Hall–Kier alpha value is -1.83. The SMILES string of the molecule is CC1CCCCCCC(c2cccc(OCc3ccccc3)n2)CCC1. The van der Waals surface area contributed by atoms with E-state index in [0.717, 1.165) is 11.8 Å². The Morgan fingerprint density at radius 1 is 0.808 bits per heavy atom. The van der Waals surface area contributed by atoms with Gasteiger partial charge in [0.25, 0.3) is 0 Å². The average molecular weight is 352 g/mol. The van der Waals surface area contributed by atoms with Crippen molar-refractivity contribution in [2.45, 2.75) is 77.2 Å². The van der Waals surface area contributed by atoms with E-state index in [2.05, 4.69) is 31.2 Å². The van der Waals surface area contributed by atoms with Crippen molar-refractivity contribution >= 4 is 0 Å². The highest BCUT2D eigenvalue weighted by molar-refractivity contribution is 5.20. The number of hydrogen-bond acceptors (Lipinski definition) is 2. The smallest absolute Gasteiger partial charge is 0.213 e. The third kappa shape index (κ3) is 6.16. The molecule has 0 saturated heterocycles. The van der Waals surface area contributed by atoms with Gasteiger partial charge < -0.3 is 4.74 Å². The third-order valence-electron chi connectivity index (χ3n) is 5.64. The van der Waals surface area contributed by atoms with Crippen LogP contribution in [0, 0.1) is 5.92 Å². The summed E-state index contributed by atoms with van der Waals surface area (Å²) in [5.74, 6) is 2.22. The summed E-state index contributed by atoms with van der Waals surface area (Å²) in [4.78, 5) is 4.86. The van der Waals surface area contributed by atoms with Gasteiger partial charge in [-0.3, -0.25) is 0 Å². The van der Waals surface area contributed by atoms with Crippen molar-refractivity contribution in [1.29, 1.82) is 0 Å². The molecule has 1 aliphatic rings. The van der Waals surface area contributed by atoms with Crippen LogP contribution in [0.3, 0.4) is 0 Å². The van der Waals surface area contributed by atoms with E-state index in [0.29, 0.717) is 12.5 Å². The first-order valence-corrected chi connectivity index (χ1v) is 10.4. The van der Waals surface area contributed by atoms with Crippen molar-refractivity contribution in [2.24, 2.45) is 5.92 Å². The summed E-state index contributed by atoms with van der Waals surface area (Å²) in [7, 11) is 0. The zero-order chi connectivity index (χ0) is 18.0. The van der Waals surface area contributed by atoms with E-state index in [1.807, 2.05) is 24.3 Å². The molecule has 1 fully saturated rings. The summed E-state index contributed by atoms with van der Waals surface area (Å²) in [5.41, 5.74) is 2.41. The standard InChI is InChI=1S/C24H33NO/c1-20-11-5-2-3-8-15-22(16-9-12-20)23-17-10-18-24(25-23)26-19-21-13-6-4-7-14-21/h4,6-7,10,13-14,17-18,20,22H,2-3,5,8-9,11-12,15-16,19H2,1H3. The quantitative estimate of drug-likeness (QED) is 0.597. The minimum atomic E-state index is 0.583.